The monoisotopic (exact) mass is 375 g/mol. The molecule has 142 valence electrons. The van der Waals surface area contributed by atoms with Crippen molar-refractivity contribution in [2.45, 2.75) is 20.4 Å². The molecular weight excluding hydrogens is 354 g/mol. The van der Waals surface area contributed by atoms with E-state index >= 15 is 0 Å². The molecule has 28 heavy (non-hydrogen) atoms. The zero-order valence-electron chi connectivity index (χ0n) is 15.7. The van der Waals surface area contributed by atoms with E-state index in [1.165, 1.54) is 16.7 Å². The zero-order valence-corrected chi connectivity index (χ0v) is 15.7. The molecule has 0 aliphatic carbocycles. The first-order valence-electron chi connectivity index (χ1n) is 8.82. The maximum atomic E-state index is 12.8. The van der Waals surface area contributed by atoms with E-state index in [2.05, 4.69) is 5.32 Å². The summed E-state index contributed by atoms with van der Waals surface area (Å²) in [6, 6.07) is 15.6. The number of carbonyl (C=O) groups excluding carboxylic acids is 2. The summed E-state index contributed by atoms with van der Waals surface area (Å²) in [6.45, 7) is 4.34. The Hall–Kier alpha value is -3.67. The number of carbonyl (C=O) groups is 2. The molecule has 0 spiro atoms. The maximum Gasteiger partial charge on any atom is 0.263 e. The summed E-state index contributed by atoms with van der Waals surface area (Å²) >= 11 is 0. The van der Waals surface area contributed by atoms with Crippen LogP contribution in [0.25, 0.3) is 0 Å². The Bertz CT molecular complexity index is 1120. The fourth-order valence-electron chi connectivity index (χ4n) is 2.98. The topological polar surface area (TPSA) is 94.2 Å². The number of rotatable bonds is 5. The number of hydrogen-bond acceptors (Lipinski definition) is 3. The van der Waals surface area contributed by atoms with E-state index in [1.54, 1.807) is 30.5 Å². The number of aromatic nitrogens is 1. The standard InChI is InChI=1S/C22H21N3O3/c1-14-9-10-15(2)16(12-14)13-25-11-5-7-18(22(25)28)21(27)24-19-8-4-3-6-17(19)20(23)26/h3-12H,13H2,1-2H3,(H2,23,26)(H,24,27). The Morgan fingerprint density at radius 1 is 1.00 bits per heavy atom. The van der Waals surface area contributed by atoms with Crippen molar-refractivity contribution in [3.8, 4) is 0 Å². The van der Waals surface area contributed by atoms with Crippen molar-refractivity contribution in [2.24, 2.45) is 5.73 Å². The average molecular weight is 375 g/mol. The van der Waals surface area contributed by atoms with E-state index < -0.39 is 17.4 Å². The van der Waals surface area contributed by atoms with Crippen LogP contribution in [0.3, 0.4) is 0 Å². The van der Waals surface area contributed by atoms with Gasteiger partial charge in [0.2, 0.25) is 0 Å². The molecule has 0 aliphatic heterocycles. The molecule has 1 aromatic heterocycles. The number of amides is 2. The smallest absolute Gasteiger partial charge is 0.263 e. The van der Waals surface area contributed by atoms with Crippen LogP contribution < -0.4 is 16.6 Å². The van der Waals surface area contributed by atoms with Gasteiger partial charge in [0.05, 0.1) is 17.8 Å². The molecule has 0 bridgehead atoms. The summed E-state index contributed by atoms with van der Waals surface area (Å²) in [5, 5.41) is 2.61. The van der Waals surface area contributed by atoms with E-state index in [9.17, 15) is 14.4 Å². The second-order valence-electron chi connectivity index (χ2n) is 6.65. The number of benzene rings is 2. The molecule has 0 saturated heterocycles. The van der Waals surface area contributed by atoms with Gasteiger partial charge < -0.3 is 15.6 Å². The zero-order chi connectivity index (χ0) is 20.3. The van der Waals surface area contributed by atoms with Gasteiger partial charge in [0, 0.05) is 6.20 Å². The lowest BCUT2D eigenvalue weighted by Crippen LogP contribution is -2.29. The van der Waals surface area contributed by atoms with Crippen molar-refractivity contribution in [3.63, 3.8) is 0 Å². The summed E-state index contributed by atoms with van der Waals surface area (Å²) < 4.78 is 1.50. The van der Waals surface area contributed by atoms with Crippen molar-refractivity contribution in [1.82, 2.24) is 4.57 Å². The molecule has 3 rings (SSSR count). The highest BCUT2D eigenvalue weighted by atomic mass is 16.2. The molecule has 2 amide bonds. The Morgan fingerprint density at radius 3 is 2.46 bits per heavy atom. The molecule has 0 unspecified atom stereocenters. The van der Waals surface area contributed by atoms with Crippen molar-refractivity contribution in [3.05, 3.63) is 99.0 Å². The largest absolute Gasteiger partial charge is 0.366 e. The number of hydrogen-bond donors (Lipinski definition) is 2. The van der Waals surface area contributed by atoms with Crippen LogP contribution in [0.5, 0.6) is 0 Å². The number of pyridine rings is 1. The van der Waals surface area contributed by atoms with Gasteiger partial charge in [-0.2, -0.15) is 0 Å². The van der Waals surface area contributed by atoms with Gasteiger partial charge in [-0.3, -0.25) is 14.4 Å². The minimum Gasteiger partial charge on any atom is -0.366 e. The molecule has 2 aromatic carbocycles. The van der Waals surface area contributed by atoms with Gasteiger partial charge >= 0.3 is 0 Å². The highest BCUT2D eigenvalue weighted by molar-refractivity contribution is 6.08. The minimum absolute atomic E-state index is 0.00733. The summed E-state index contributed by atoms with van der Waals surface area (Å²) in [7, 11) is 0. The average Bonchev–Trinajstić information content (AvgIpc) is 2.66. The van der Waals surface area contributed by atoms with Gasteiger partial charge in [0.1, 0.15) is 5.56 Å². The molecule has 6 heteroatoms. The number of nitrogens with two attached hydrogens (primary N) is 1. The van der Waals surface area contributed by atoms with Crippen LogP contribution in [-0.4, -0.2) is 16.4 Å². The van der Waals surface area contributed by atoms with Gasteiger partial charge in [-0.15, -0.1) is 0 Å². The predicted octanol–water partition coefficient (Wildman–Crippen LogP) is 2.86. The van der Waals surface area contributed by atoms with Crippen LogP contribution in [0, 0.1) is 13.8 Å². The lowest BCUT2D eigenvalue weighted by molar-refractivity contribution is 0.100. The fraction of sp³-hybridized carbons (Fsp3) is 0.136. The summed E-state index contributed by atoms with van der Waals surface area (Å²) in [6.07, 6.45) is 1.65. The first-order chi connectivity index (χ1) is 13.4. The molecule has 3 N–H and O–H groups in total. The quantitative estimate of drug-likeness (QED) is 0.718. The van der Waals surface area contributed by atoms with E-state index in [0.29, 0.717) is 6.54 Å². The number of para-hydroxylation sites is 1. The second kappa shape index (κ2) is 7.92. The second-order valence-corrected chi connectivity index (χ2v) is 6.65. The van der Waals surface area contributed by atoms with Crippen molar-refractivity contribution >= 4 is 17.5 Å². The van der Waals surface area contributed by atoms with Crippen LogP contribution in [0.1, 0.15) is 37.4 Å². The highest BCUT2D eigenvalue weighted by Gasteiger charge is 2.16. The summed E-state index contributed by atoms with van der Waals surface area (Å²) in [5.74, 6) is -1.25. The van der Waals surface area contributed by atoms with Crippen LogP contribution in [0.2, 0.25) is 0 Å². The van der Waals surface area contributed by atoms with Crippen LogP contribution in [-0.2, 0) is 6.54 Å². The number of aryl methyl sites for hydroxylation is 2. The molecule has 0 fully saturated rings. The van der Waals surface area contributed by atoms with Crippen LogP contribution in [0.4, 0.5) is 5.69 Å². The Balaban J connectivity index is 1.91. The van der Waals surface area contributed by atoms with Gasteiger partial charge in [0.25, 0.3) is 17.4 Å². The third-order valence-corrected chi connectivity index (χ3v) is 4.55. The third-order valence-electron chi connectivity index (χ3n) is 4.55. The van der Waals surface area contributed by atoms with Gasteiger partial charge in [-0.25, -0.2) is 0 Å². The van der Waals surface area contributed by atoms with Crippen molar-refractivity contribution in [2.75, 3.05) is 5.32 Å². The fourth-order valence-corrected chi connectivity index (χ4v) is 2.98. The number of primary amides is 1. The maximum absolute atomic E-state index is 12.8. The lowest BCUT2D eigenvalue weighted by atomic mass is 10.1. The van der Waals surface area contributed by atoms with E-state index in [0.717, 1.165) is 16.7 Å². The molecule has 0 atom stereocenters. The van der Waals surface area contributed by atoms with E-state index in [4.69, 9.17) is 5.73 Å². The predicted molar refractivity (Wildman–Crippen MR) is 109 cm³/mol. The Morgan fingerprint density at radius 2 is 1.71 bits per heavy atom. The van der Waals surface area contributed by atoms with Gasteiger partial charge in [-0.1, -0.05) is 35.9 Å². The molecule has 3 aromatic rings. The molecule has 0 radical (unpaired) electrons. The number of anilines is 1. The normalized spacial score (nSPS) is 10.5. The molecule has 0 saturated carbocycles. The number of nitrogens with one attached hydrogen (secondary N) is 1. The van der Waals surface area contributed by atoms with Gasteiger partial charge in [0.15, 0.2) is 0 Å². The SMILES string of the molecule is Cc1ccc(C)c(Cn2cccc(C(=O)Nc3ccccc3C(N)=O)c2=O)c1. The van der Waals surface area contributed by atoms with Crippen molar-refractivity contribution in [1.29, 1.82) is 0 Å². The summed E-state index contributed by atoms with van der Waals surface area (Å²) in [4.78, 5) is 37.0. The lowest BCUT2D eigenvalue weighted by Gasteiger charge is -2.12. The van der Waals surface area contributed by atoms with E-state index in [1.807, 2.05) is 32.0 Å². The van der Waals surface area contributed by atoms with Crippen LogP contribution in [0.15, 0.2) is 65.6 Å². The molecule has 1 heterocycles. The van der Waals surface area contributed by atoms with Gasteiger partial charge in [-0.05, 0) is 49.2 Å². The Labute approximate surface area is 162 Å². The van der Waals surface area contributed by atoms with Crippen LogP contribution >= 0.6 is 0 Å². The Kier molecular flexibility index (Phi) is 5.40. The summed E-state index contributed by atoms with van der Waals surface area (Å²) in [5.41, 5.74) is 8.56. The van der Waals surface area contributed by atoms with E-state index in [-0.39, 0.29) is 16.8 Å². The molecule has 0 aliphatic rings. The molecular formula is C22H21N3O3. The third kappa shape index (κ3) is 4.01. The molecule has 6 nitrogen and oxygen atoms in total. The first-order valence-corrected chi connectivity index (χ1v) is 8.82. The van der Waals surface area contributed by atoms with Crippen molar-refractivity contribution < 1.29 is 9.59 Å². The highest BCUT2D eigenvalue weighted by Crippen LogP contribution is 2.15. The first kappa shape index (κ1) is 19.1. The minimum atomic E-state index is -0.656. The number of nitrogens with zero attached hydrogens (tertiary/aromatic N) is 1.